The fourth-order valence-corrected chi connectivity index (χ4v) is 8.43. The van der Waals surface area contributed by atoms with E-state index in [0.717, 1.165) is 38.0 Å². The molecule has 0 spiro atoms. The van der Waals surface area contributed by atoms with Crippen LogP contribution >= 0.6 is 15.6 Å². The van der Waals surface area contributed by atoms with E-state index in [1.165, 1.54) is 141 Å². The quantitative estimate of drug-likeness (QED) is 0.0126. The number of phosphoric ester groups is 2. The number of carbonyl (C=O) groups is 2. The lowest BCUT2D eigenvalue weighted by molar-refractivity contribution is -0.161. The zero-order valence-electron chi connectivity index (χ0n) is 42.0. The molecule has 0 amide bonds. The average Bonchev–Trinajstić information content (AvgIpc) is 3.29. The smallest absolute Gasteiger partial charge is 0.462 e. The van der Waals surface area contributed by atoms with Crippen LogP contribution in [0.5, 0.6) is 0 Å². The van der Waals surface area contributed by atoms with Crippen molar-refractivity contribution in [2.75, 3.05) is 26.4 Å². The Morgan fingerprint density at radius 1 is 0.537 bits per heavy atom. The summed E-state index contributed by atoms with van der Waals surface area (Å²) in [6.07, 6.45) is 43.0. The van der Waals surface area contributed by atoms with E-state index in [2.05, 4.69) is 42.0 Å². The summed E-state index contributed by atoms with van der Waals surface area (Å²) in [5.41, 5.74) is 0. The van der Waals surface area contributed by atoms with E-state index in [4.69, 9.17) is 23.8 Å². The van der Waals surface area contributed by atoms with Crippen LogP contribution in [0.3, 0.4) is 0 Å². The number of aliphatic hydroxyl groups is 2. The third-order valence-corrected chi connectivity index (χ3v) is 13.1. The summed E-state index contributed by atoms with van der Waals surface area (Å²) in [5, 5.41) is 20.1. The van der Waals surface area contributed by atoms with Crippen molar-refractivity contribution in [2.24, 2.45) is 5.92 Å². The summed E-state index contributed by atoms with van der Waals surface area (Å²) in [4.78, 5) is 52.9. The third-order valence-electron chi connectivity index (χ3n) is 11.7. The highest BCUT2D eigenvalue weighted by atomic mass is 31.2. The van der Waals surface area contributed by atoms with Gasteiger partial charge in [0.25, 0.3) is 0 Å². The van der Waals surface area contributed by atoms with Gasteiger partial charge in [0.15, 0.2) is 6.10 Å². The lowest BCUT2D eigenvalue weighted by Crippen LogP contribution is -2.30. The molecule has 5 N–H and O–H groups in total. The van der Waals surface area contributed by atoms with Crippen molar-refractivity contribution in [2.45, 2.75) is 245 Å². The first kappa shape index (κ1) is 65.3. The normalized spacial score (nSPS) is 15.0. The number of rotatable bonds is 49. The van der Waals surface area contributed by atoms with Crippen LogP contribution in [0.2, 0.25) is 0 Å². The molecule has 16 heteroatoms. The van der Waals surface area contributed by atoms with Crippen molar-refractivity contribution >= 4 is 27.6 Å². The fourth-order valence-electron chi connectivity index (χ4n) is 7.28. The number of unbranched alkanes of at least 4 members (excludes halogenated alkanes) is 23. The summed E-state index contributed by atoms with van der Waals surface area (Å²) in [7, 11) is -9.75. The summed E-state index contributed by atoms with van der Waals surface area (Å²) in [6, 6.07) is 0. The minimum absolute atomic E-state index is 0.0906. The van der Waals surface area contributed by atoms with Gasteiger partial charge in [0.1, 0.15) is 12.7 Å². The van der Waals surface area contributed by atoms with Crippen LogP contribution in [-0.2, 0) is 41.8 Å². The van der Waals surface area contributed by atoms with E-state index >= 15 is 0 Å². The number of aliphatic hydroxyl groups excluding tert-OH is 2. The molecular weight excluding hydrogens is 898 g/mol. The molecule has 0 radical (unpaired) electrons. The average molecular weight is 995 g/mol. The molecule has 0 saturated heterocycles. The van der Waals surface area contributed by atoms with Crippen molar-refractivity contribution in [3.05, 3.63) is 36.5 Å². The molecule has 14 nitrogen and oxygen atoms in total. The third kappa shape index (κ3) is 49.1. The van der Waals surface area contributed by atoms with Crippen LogP contribution in [0.4, 0.5) is 0 Å². The maximum absolute atomic E-state index is 12.7. The Balaban J connectivity index is 4.50. The fraction of sp³-hybridized carbons (Fsp3) is 0.843. The molecular formula is C51H96O14P2. The number of ether oxygens (including phenoxy) is 2. The van der Waals surface area contributed by atoms with Crippen molar-refractivity contribution in [1.29, 1.82) is 0 Å². The van der Waals surface area contributed by atoms with Crippen LogP contribution < -0.4 is 0 Å². The minimum Gasteiger partial charge on any atom is -0.462 e. The second kappa shape index (κ2) is 45.4. The molecule has 394 valence electrons. The van der Waals surface area contributed by atoms with Crippen LogP contribution in [0, 0.1) is 5.92 Å². The van der Waals surface area contributed by atoms with Gasteiger partial charge < -0.3 is 34.4 Å². The standard InChI is InChI=1S/C51H96O14P2/c1-4-6-7-8-9-10-11-18-22-25-28-31-34-38-47(52)39-36-41-51(55)65-49(45-64-67(59,60)63-43-48(53)42-62-66(56,57)58)44-61-50(54)40-35-32-29-26-23-20-17-15-13-12-14-16-19-21-24-27-30-33-37-46(3)5-2/h18,22,28,31,34,38,46-49,52-53H,4-17,19-21,23-27,29-30,32-33,35-37,39-45H2,1-3H3,(H,59,60)(H2,56,57,58)/b22-18+,31-28+,38-34+/t46?,47?,48-,49+/m0/s1. The first-order valence-corrected chi connectivity index (χ1v) is 29.2. The first-order chi connectivity index (χ1) is 32.2. The molecule has 0 aliphatic heterocycles. The van der Waals surface area contributed by atoms with Crippen molar-refractivity contribution in [3.63, 3.8) is 0 Å². The van der Waals surface area contributed by atoms with Gasteiger partial charge in [-0.1, -0.05) is 211 Å². The Morgan fingerprint density at radius 2 is 1.04 bits per heavy atom. The van der Waals surface area contributed by atoms with E-state index in [-0.39, 0.29) is 25.7 Å². The lowest BCUT2D eigenvalue weighted by Gasteiger charge is -2.20. The van der Waals surface area contributed by atoms with Crippen molar-refractivity contribution in [3.8, 4) is 0 Å². The molecule has 5 atom stereocenters. The molecule has 3 unspecified atom stereocenters. The van der Waals surface area contributed by atoms with E-state index in [9.17, 15) is 33.8 Å². The summed E-state index contributed by atoms with van der Waals surface area (Å²) < 4.78 is 47.8. The Morgan fingerprint density at radius 3 is 1.61 bits per heavy atom. The van der Waals surface area contributed by atoms with Crippen molar-refractivity contribution in [1.82, 2.24) is 0 Å². The number of esters is 2. The van der Waals surface area contributed by atoms with E-state index in [1.807, 2.05) is 12.2 Å². The van der Waals surface area contributed by atoms with Gasteiger partial charge in [0.2, 0.25) is 0 Å². The molecule has 0 fully saturated rings. The summed E-state index contributed by atoms with van der Waals surface area (Å²) in [6.45, 7) is 3.96. The molecule has 0 aliphatic carbocycles. The number of hydrogen-bond acceptors (Lipinski definition) is 11. The maximum Gasteiger partial charge on any atom is 0.472 e. The van der Waals surface area contributed by atoms with Gasteiger partial charge in [0.05, 0.1) is 25.9 Å². The molecule has 0 aliphatic rings. The van der Waals surface area contributed by atoms with Gasteiger partial charge in [-0.3, -0.25) is 23.2 Å². The minimum atomic E-state index is -4.89. The number of allylic oxidation sites excluding steroid dienone is 5. The van der Waals surface area contributed by atoms with Crippen molar-refractivity contribution < 1.29 is 66.7 Å². The maximum atomic E-state index is 12.7. The van der Waals surface area contributed by atoms with Gasteiger partial charge in [-0.15, -0.1) is 0 Å². The highest BCUT2D eigenvalue weighted by Crippen LogP contribution is 2.44. The van der Waals surface area contributed by atoms with Gasteiger partial charge in [0, 0.05) is 12.8 Å². The topological polar surface area (TPSA) is 216 Å². The van der Waals surface area contributed by atoms with Crippen LogP contribution in [0.15, 0.2) is 36.5 Å². The highest BCUT2D eigenvalue weighted by Gasteiger charge is 2.28. The summed E-state index contributed by atoms with van der Waals surface area (Å²) >= 11 is 0. The Bertz CT molecular complexity index is 1350. The highest BCUT2D eigenvalue weighted by molar-refractivity contribution is 7.47. The second-order valence-corrected chi connectivity index (χ2v) is 20.9. The Hall–Kier alpha value is -1.70. The zero-order valence-corrected chi connectivity index (χ0v) is 43.8. The van der Waals surface area contributed by atoms with Gasteiger partial charge in [-0.2, -0.15) is 0 Å². The Labute approximate surface area is 406 Å². The van der Waals surface area contributed by atoms with E-state index in [0.29, 0.717) is 6.42 Å². The molecule has 0 aromatic carbocycles. The molecule has 0 aromatic heterocycles. The second-order valence-electron chi connectivity index (χ2n) is 18.2. The molecule has 0 rings (SSSR count). The molecule has 0 aromatic rings. The molecule has 0 saturated carbocycles. The lowest BCUT2D eigenvalue weighted by atomic mass is 9.99. The SMILES string of the molecule is CCCCCCCC/C=C/C/C=C/C=C/C(O)CCCC(=O)O[C@H](COC(=O)CCCCCCCCCCCCCCCCCCCCC(C)CC)COP(=O)(O)OC[C@@H](O)COP(=O)(O)O. The van der Waals surface area contributed by atoms with Gasteiger partial charge >= 0.3 is 27.6 Å². The van der Waals surface area contributed by atoms with E-state index < -0.39 is 72.3 Å². The molecule has 0 heterocycles. The summed E-state index contributed by atoms with van der Waals surface area (Å²) in [5.74, 6) is -0.339. The zero-order chi connectivity index (χ0) is 49.7. The predicted molar refractivity (Wildman–Crippen MR) is 268 cm³/mol. The van der Waals surface area contributed by atoms with Gasteiger partial charge in [-0.05, 0) is 44.4 Å². The number of carbonyl (C=O) groups excluding carboxylic acids is 2. The van der Waals surface area contributed by atoms with Crippen LogP contribution in [0.1, 0.15) is 226 Å². The molecule has 0 bridgehead atoms. The van der Waals surface area contributed by atoms with Crippen LogP contribution in [-0.4, -0.2) is 81.6 Å². The predicted octanol–water partition coefficient (Wildman–Crippen LogP) is 13.2. The number of hydrogen-bond donors (Lipinski definition) is 5. The Kier molecular flexibility index (Phi) is 44.3. The molecule has 67 heavy (non-hydrogen) atoms. The van der Waals surface area contributed by atoms with E-state index in [1.54, 1.807) is 12.2 Å². The number of phosphoric acid groups is 2. The monoisotopic (exact) mass is 995 g/mol. The first-order valence-electron chi connectivity index (χ1n) is 26.2. The van der Waals surface area contributed by atoms with Crippen LogP contribution in [0.25, 0.3) is 0 Å². The van der Waals surface area contributed by atoms with Gasteiger partial charge in [-0.25, -0.2) is 9.13 Å². The largest absolute Gasteiger partial charge is 0.472 e.